The van der Waals surface area contributed by atoms with Crippen LogP contribution in [0.25, 0.3) is 5.57 Å². The molecule has 0 atom stereocenters. The molecule has 90 valence electrons. The third kappa shape index (κ3) is 1.84. The van der Waals surface area contributed by atoms with Crippen molar-refractivity contribution in [2.75, 3.05) is 0 Å². The number of halogens is 2. The van der Waals surface area contributed by atoms with Gasteiger partial charge < -0.3 is 0 Å². The summed E-state index contributed by atoms with van der Waals surface area (Å²) in [6.07, 6.45) is 3.22. The van der Waals surface area contributed by atoms with Crippen LogP contribution in [0.4, 0.5) is 8.78 Å². The van der Waals surface area contributed by atoms with Gasteiger partial charge in [0.15, 0.2) is 0 Å². The van der Waals surface area contributed by atoms with Gasteiger partial charge in [-0.25, -0.2) is 8.78 Å². The first-order valence-corrected chi connectivity index (χ1v) is 5.96. The van der Waals surface area contributed by atoms with Gasteiger partial charge in [-0.05, 0) is 35.3 Å². The average Bonchev–Trinajstić information content (AvgIpc) is 2.77. The van der Waals surface area contributed by atoms with Crippen molar-refractivity contribution < 1.29 is 8.78 Å². The lowest BCUT2D eigenvalue weighted by atomic mass is 9.99. The summed E-state index contributed by atoms with van der Waals surface area (Å²) >= 11 is 0. The van der Waals surface area contributed by atoms with Crippen LogP contribution in [0.3, 0.4) is 0 Å². The van der Waals surface area contributed by atoms with Gasteiger partial charge in [0.05, 0.1) is 0 Å². The maximum absolute atomic E-state index is 13.6. The Bertz CT molecular complexity index is 606. The molecule has 0 N–H and O–H groups in total. The zero-order valence-electron chi connectivity index (χ0n) is 9.79. The van der Waals surface area contributed by atoms with E-state index < -0.39 is 11.6 Å². The Morgan fingerprint density at radius 1 is 0.889 bits per heavy atom. The van der Waals surface area contributed by atoms with Gasteiger partial charge in [-0.3, -0.25) is 0 Å². The molecule has 0 aliphatic heterocycles. The fraction of sp³-hybridized carbons (Fsp3) is 0.125. The molecule has 0 aromatic heterocycles. The van der Waals surface area contributed by atoms with Gasteiger partial charge in [0, 0.05) is 12.0 Å². The van der Waals surface area contributed by atoms with Crippen molar-refractivity contribution in [1.82, 2.24) is 0 Å². The van der Waals surface area contributed by atoms with Gasteiger partial charge in [0.2, 0.25) is 0 Å². The summed E-state index contributed by atoms with van der Waals surface area (Å²) in [5.74, 6) is -0.944. The van der Waals surface area contributed by atoms with Crippen LogP contribution in [0.2, 0.25) is 0 Å². The molecule has 1 aliphatic rings. The molecule has 0 saturated heterocycles. The Morgan fingerprint density at radius 3 is 2.39 bits per heavy atom. The molecule has 2 aromatic carbocycles. The molecular formula is C16H12F2. The summed E-state index contributed by atoms with van der Waals surface area (Å²) < 4.78 is 27.2. The second kappa shape index (κ2) is 4.37. The smallest absolute Gasteiger partial charge is 0.129 e. The van der Waals surface area contributed by atoms with E-state index in [9.17, 15) is 8.78 Å². The van der Waals surface area contributed by atoms with Crippen LogP contribution in [-0.4, -0.2) is 0 Å². The highest BCUT2D eigenvalue weighted by atomic mass is 19.1. The Hall–Kier alpha value is -1.96. The van der Waals surface area contributed by atoms with E-state index in [1.165, 1.54) is 23.8 Å². The minimum atomic E-state index is -0.472. The van der Waals surface area contributed by atoms with E-state index in [1.807, 2.05) is 18.2 Å². The van der Waals surface area contributed by atoms with E-state index in [0.717, 1.165) is 17.6 Å². The number of benzene rings is 2. The molecule has 0 heterocycles. The highest BCUT2D eigenvalue weighted by Gasteiger charge is 2.17. The third-order valence-electron chi connectivity index (χ3n) is 3.36. The van der Waals surface area contributed by atoms with Crippen molar-refractivity contribution >= 4 is 5.57 Å². The Labute approximate surface area is 105 Å². The summed E-state index contributed by atoms with van der Waals surface area (Å²) in [5, 5.41) is 0. The van der Waals surface area contributed by atoms with Crippen LogP contribution in [0.1, 0.15) is 16.7 Å². The zero-order valence-corrected chi connectivity index (χ0v) is 9.79. The molecule has 0 radical (unpaired) electrons. The van der Waals surface area contributed by atoms with Gasteiger partial charge in [-0.15, -0.1) is 0 Å². The van der Waals surface area contributed by atoms with Crippen molar-refractivity contribution in [1.29, 1.82) is 0 Å². The monoisotopic (exact) mass is 242 g/mol. The van der Waals surface area contributed by atoms with Crippen LogP contribution in [0.15, 0.2) is 48.5 Å². The molecule has 0 spiro atoms. The molecule has 3 rings (SSSR count). The van der Waals surface area contributed by atoms with Crippen LogP contribution in [0.5, 0.6) is 0 Å². The lowest BCUT2D eigenvalue weighted by molar-refractivity contribution is 0.563. The predicted molar refractivity (Wildman–Crippen MR) is 68.2 cm³/mol. The van der Waals surface area contributed by atoms with Gasteiger partial charge >= 0.3 is 0 Å². The van der Waals surface area contributed by atoms with Crippen LogP contribution in [-0.2, 0) is 12.8 Å². The zero-order chi connectivity index (χ0) is 12.5. The fourth-order valence-corrected chi connectivity index (χ4v) is 2.41. The number of hydrogen-bond donors (Lipinski definition) is 0. The summed E-state index contributed by atoms with van der Waals surface area (Å²) in [7, 11) is 0. The van der Waals surface area contributed by atoms with Crippen LogP contribution >= 0.6 is 0 Å². The molecule has 0 unspecified atom stereocenters. The highest BCUT2D eigenvalue weighted by Crippen LogP contribution is 2.31. The normalized spacial score (nSPS) is 13.3. The van der Waals surface area contributed by atoms with Crippen molar-refractivity contribution in [3.05, 3.63) is 76.9 Å². The van der Waals surface area contributed by atoms with Crippen molar-refractivity contribution in [2.24, 2.45) is 0 Å². The fourth-order valence-electron chi connectivity index (χ4n) is 2.41. The predicted octanol–water partition coefficient (Wildman–Crippen LogP) is 4.15. The molecule has 2 aromatic rings. The average molecular weight is 242 g/mol. The summed E-state index contributed by atoms with van der Waals surface area (Å²) in [4.78, 5) is 0. The lowest BCUT2D eigenvalue weighted by Crippen LogP contribution is -1.97. The van der Waals surface area contributed by atoms with E-state index in [1.54, 1.807) is 0 Å². The van der Waals surface area contributed by atoms with E-state index in [2.05, 4.69) is 12.1 Å². The maximum atomic E-state index is 13.6. The third-order valence-corrected chi connectivity index (χ3v) is 3.36. The minimum absolute atomic E-state index is 0.153. The quantitative estimate of drug-likeness (QED) is 0.742. The topological polar surface area (TPSA) is 0 Å². The summed E-state index contributed by atoms with van der Waals surface area (Å²) in [6, 6.07) is 12.0. The number of fused-ring (bicyclic) bond motifs is 1. The first-order valence-electron chi connectivity index (χ1n) is 5.96. The molecule has 2 heteroatoms. The van der Waals surface area contributed by atoms with Crippen molar-refractivity contribution in [2.45, 2.75) is 12.8 Å². The van der Waals surface area contributed by atoms with Crippen molar-refractivity contribution in [3.63, 3.8) is 0 Å². The molecule has 0 nitrogen and oxygen atoms in total. The largest absolute Gasteiger partial charge is 0.207 e. The van der Waals surface area contributed by atoms with E-state index in [0.29, 0.717) is 6.42 Å². The second-order valence-electron chi connectivity index (χ2n) is 4.47. The van der Waals surface area contributed by atoms with Gasteiger partial charge in [-0.2, -0.15) is 0 Å². The first kappa shape index (κ1) is 11.1. The van der Waals surface area contributed by atoms with Gasteiger partial charge in [0.1, 0.15) is 11.6 Å². The minimum Gasteiger partial charge on any atom is -0.207 e. The summed E-state index contributed by atoms with van der Waals surface area (Å²) in [5.41, 5.74) is 3.50. The van der Waals surface area contributed by atoms with E-state index >= 15 is 0 Å². The molecule has 0 saturated carbocycles. The first-order chi connectivity index (χ1) is 8.75. The Morgan fingerprint density at radius 2 is 1.61 bits per heavy atom. The van der Waals surface area contributed by atoms with E-state index in [4.69, 9.17) is 0 Å². The standard InChI is InChI=1S/C16H12F2/c17-15-6-3-7-16(18)14(15)10-12-9-8-11-4-1-2-5-13(11)12/h1-7,9H,8,10H2. The van der Waals surface area contributed by atoms with Crippen LogP contribution < -0.4 is 0 Å². The molecule has 1 aliphatic carbocycles. The molecule has 0 bridgehead atoms. The highest BCUT2D eigenvalue weighted by molar-refractivity contribution is 5.74. The molecular weight excluding hydrogens is 230 g/mol. The number of rotatable bonds is 2. The maximum Gasteiger partial charge on any atom is 0.129 e. The number of hydrogen-bond acceptors (Lipinski definition) is 0. The SMILES string of the molecule is Fc1cccc(F)c1CC1=CCc2ccccc21. The summed E-state index contributed by atoms with van der Waals surface area (Å²) in [6.45, 7) is 0. The molecule has 0 amide bonds. The van der Waals surface area contributed by atoms with Gasteiger partial charge in [-0.1, -0.05) is 36.4 Å². The van der Waals surface area contributed by atoms with Gasteiger partial charge in [0.25, 0.3) is 0 Å². The Balaban J connectivity index is 1.96. The van der Waals surface area contributed by atoms with Crippen molar-refractivity contribution in [3.8, 4) is 0 Å². The van der Waals surface area contributed by atoms with E-state index in [-0.39, 0.29) is 5.56 Å². The Kier molecular flexibility index (Phi) is 2.71. The lowest BCUT2D eigenvalue weighted by Gasteiger charge is -2.08. The molecule has 0 fully saturated rings. The number of allylic oxidation sites excluding steroid dienone is 2. The van der Waals surface area contributed by atoms with Crippen LogP contribution in [0, 0.1) is 11.6 Å². The molecule has 18 heavy (non-hydrogen) atoms. The second-order valence-corrected chi connectivity index (χ2v) is 4.47.